The number of rotatable bonds is 4. The summed E-state index contributed by atoms with van der Waals surface area (Å²) in [5.41, 5.74) is 1.79. The number of nitro benzene ring substituents is 1. The minimum Gasteiger partial charge on any atom is -0.480 e. The second-order valence-electron chi connectivity index (χ2n) is 3.91. The van der Waals surface area contributed by atoms with Crippen LogP contribution >= 0.6 is 0 Å². The normalized spacial score (nSPS) is 11.9. The molecule has 0 aromatic heterocycles. The number of aryl methyl sites for hydroxylation is 2. The number of anilines is 1. The van der Waals surface area contributed by atoms with E-state index in [2.05, 4.69) is 5.32 Å². The number of carboxylic acid groups (broad SMARTS) is 1. The number of nitrogens with zero attached hydrogens (tertiary/aromatic N) is 1. The van der Waals surface area contributed by atoms with Gasteiger partial charge in [-0.1, -0.05) is 0 Å². The molecule has 6 nitrogen and oxygen atoms in total. The molecule has 0 fully saturated rings. The van der Waals surface area contributed by atoms with Crippen molar-refractivity contribution in [2.24, 2.45) is 0 Å². The molecule has 17 heavy (non-hydrogen) atoms. The van der Waals surface area contributed by atoms with Gasteiger partial charge in [-0.3, -0.25) is 14.9 Å². The van der Waals surface area contributed by atoms with Crippen molar-refractivity contribution in [1.29, 1.82) is 0 Å². The van der Waals surface area contributed by atoms with Crippen LogP contribution in [0.2, 0.25) is 0 Å². The van der Waals surface area contributed by atoms with Crippen LogP contribution in [-0.4, -0.2) is 22.0 Å². The molecule has 0 saturated carbocycles. The Morgan fingerprint density at radius 3 is 2.41 bits per heavy atom. The van der Waals surface area contributed by atoms with Crippen molar-refractivity contribution in [3.63, 3.8) is 0 Å². The van der Waals surface area contributed by atoms with Crippen molar-refractivity contribution in [3.8, 4) is 0 Å². The lowest BCUT2D eigenvalue weighted by molar-refractivity contribution is -0.384. The highest BCUT2D eigenvalue weighted by atomic mass is 16.6. The molecule has 1 atom stereocenters. The minimum absolute atomic E-state index is 0.110. The lowest BCUT2D eigenvalue weighted by atomic mass is 10.1. The van der Waals surface area contributed by atoms with Crippen molar-refractivity contribution < 1.29 is 14.8 Å². The lowest BCUT2D eigenvalue weighted by Crippen LogP contribution is -2.25. The van der Waals surface area contributed by atoms with Crippen molar-refractivity contribution >= 4 is 17.3 Å². The van der Waals surface area contributed by atoms with Crippen molar-refractivity contribution in [3.05, 3.63) is 33.4 Å². The summed E-state index contributed by atoms with van der Waals surface area (Å²) in [5.74, 6) is -1.06. The first kappa shape index (κ1) is 13.0. The van der Waals surface area contributed by atoms with Crippen LogP contribution in [0.25, 0.3) is 0 Å². The number of carbonyl (C=O) groups is 1. The topological polar surface area (TPSA) is 92.5 Å². The Kier molecular flexibility index (Phi) is 3.67. The third-order valence-corrected chi connectivity index (χ3v) is 2.55. The van der Waals surface area contributed by atoms with Gasteiger partial charge in [0.15, 0.2) is 0 Å². The Hall–Kier alpha value is -2.11. The third kappa shape index (κ3) is 2.93. The molecule has 0 saturated heterocycles. The van der Waals surface area contributed by atoms with Gasteiger partial charge in [0.2, 0.25) is 0 Å². The summed E-state index contributed by atoms with van der Waals surface area (Å²) in [6.45, 7) is 5.02. The molecule has 0 spiro atoms. The van der Waals surface area contributed by atoms with Crippen LogP contribution in [-0.2, 0) is 4.79 Å². The predicted molar refractivity (Wildman–Crippen MR) is 63.3 cm³/mol. The van der Waals surface area contributed by atoms with E-state index in [1.54, 1.807) is 13.0 Å². The summed E-state index contributed by atoms with van der Waals surface area (Å²) in [6.07, 6.45) is 0. The zero-order valence-corrected chi connectivity index (χ0v) is 9.85. The molecule has 0 amide bonds. The van der Waals surface area contributed by atoms with Gasteiger partial charge in [0.1, 0.15) is 11.7 Å². The smallest absolute Gasteiger partial charge is 0.325 e. The highest BCUT2D eigenvalue weighted by Gasteiger charge is 2.19. The van der Waals surface area contributed by atoms with E-state index in [0.717, 1.165) is 11.1 Å². The maximum Gasteiger partial charge on any atom is 0.325 e. The maximum absolute atomic E-state index is 10.9. The van der Waals surface area contributed by atoms with Crippen LogP contribution in [0.4, 0.5) is 11.4 Å². The molecule has 0 aliphatic heterocycles. The van der Waals surface area contributed by atoms with Gasteiger partial charge >= 0.3 is 5.97 Å². The van der Waals surface area contributed by atoms with Gasteiger partial charge in [0, 0.05) is 6.07 Å². The molecule has 0 radical (unpaired) electrons. The first-order valence-electron chi connectivity index (χ1n) is 5.08. The van der Waals surface area contributed by atoms with E-state index in [4.69, 9.17) is 5.11 Å². The molecule has 0 heterocycles. The van der Waals surface area contributed by atoms with Gasteiger partial charge in [0.05, 0.1) is 4.92 Å². The molecule has 2 N–H and O–H groups in total. The van der Waals surface area contributed by atoms with Crippen molar-refractivity contribution in [1.82, 2.24) is 0 Å². The predicted octanol–water partition coefficient (Wildman–Crippen LogP) is 2.10. The number of hydrogen-bond acceptors (Lipinski definition) is 4. The summed E-state index contributed by atoms with van der Waals surface area (Å²) < 4.78 is 0. The molecular formula is C11H14N2O4. The van der Waals surface area contributed by atoms with Crippen LogP contribution < -0.4 is 5.32 Å². The van der Waals surface area contributed by atoms with Gasteiger partial charge in [-0.15, -0.1) is 0 Å². The monoisotopic (exact) mass is 238 g/mol. The average Bonchev–Trinajstić information content (AvgIpc) is 2.22. The quantitative estimate of drug-likeness (QED) is 0.619. The minimum atomic E-state index is -1.06. The second kappa shape index (κ2) is 4.82. The third-order valence-electron chi connectivity index (χ3n) is 2.55. The standard InChI is InChI=1S/C11H14N2O4/c1-6-4-9(12-8(3)11(14)15)10(13(16)17)5-7(6)2/h4-5,8,12H,1-3H3,(H,14,15). The zero-order valence-electron chi connectivity index (χ0n) is 9.85. The summed E-state index contributed by atoms with van der Waals surface area (Å²) >= 11 is 0. The molecule has 0 aliphatic rings. The van der Waals surface area contributed by atoms with Gasteiger partial charge in [-0.25, -0.2) is 0 Å². The fourth-order valence-electron chi connectivity index (χ4n) is 1.36. The average molecular weight is 238 g/mol. The molecule has 1 aromatic carbocycles. The summed E-state index contributed by atoms with van der Waals surface area (Å²) in [4.78, 5) is 21.0. The van der Waals surface area contributed by atoms with E-state index in [1.807, 2.05) is 6.92 Å². The SMILES string of the molecule is Cc1cc(NC(C)C(=O)O)c([N+](=O)[O-])cc1C. The number of benzene rings is 1. The van der Waals surface area contributed by atoms with E-state index in [-0.39, 0.29) is 11.4 Å². The van der Waals surface area contributed by atoms with Gasteiger partial charge in [0.25, 0.3) is 5.69 Å². The Labute approximate surface area is 98.4 Å². The van der Waals surface area contributed by atoms with Crippen LogP contribution in [0.15, 0.2) is 12.1 Å². The molecule has 0 bridgehead atoms. The molecule has 6 heteroatoms. The van der Waals surface area contributed by atoms with Crippen molar-refractivity contribution in [2.75, 3.05) is 5.32 Å². The van der Waals surface area contributed by atoms with E-state index in [1.165, 1.54) is 13.0 Å². The highest BCUT2D eigenvalue weighted by molar-refractivity contribution is 5.78. The largest absolute Gasteiger partial charge is 0.480 e. The number of carboxylic acids is 1. The first-order chi connectivity index (χ1) is 7.82. The molecule has 1 unspecified atom stereocenters. The Bertz CT molecular complexity index is 471. The number of hydrogen-bond donors (Lipinski definition) is 2. The molecule has 92 valence electrons. The molecule has 0 aliphatic carbocycles. The van der Waals surface area contributed by atoms with Gasteiger partial charge in [-0.05, 0) is 38.0 Å². The Morgan fingerprint density at radius 1 is 1.41 bits per heavy atom. The van der Waals surface area contributed by atoms with Crippen LogP contribution in [0.1, 0.15) is 18.1 Å². The number of nitrogens with one attached hydrogen (secondary N) is 1. The van der Waals surface area contributed by atoms with Gasteiger partial charge < -0.3 is 10.4 Å². The highest BCUT2D eigenvalue weighted by Crippen LogP contribution is 2.28. The van der Waals surface area contributed by atoms with E-state index in [0.29, 0.717) is 0 Å². The molecular weight excluding hydrogens is 224 g/mol. The van der Waals surface area contributed by atoms with Crippen LogP contribution in [0, 0.1) is 24.0 Å². The van der Waals surface area contributed by atoms with Crippen molar-refractivity contribution in [2.45, 2.75) is 26.8 Å². The summed E-state index contributed by atoms with van der Waals surface area (Å²) in [5, 5.41) is 22.2. The van der Waals surface area contributed by atoms with Crippen LogP contribution in [0.3, 0.4) is 0 Å². The number of aliphatic carboxylic acids is 1. The fraction of sp³-hybridized carbons (Fsp3) is 0.364. The van der Waals surface area contributed by atoms with Gasteiger partial charge in [-0.2, -0.15) is 0 Å². The summed E-state index contributed by atoms with van der Waals surface area (Å²) in [6, 6.07) is 2.15. The maximum atomic E-state index is 10.9. The summed E-state index contributed by atoms with van der Waals surface area (Å²) in [7, 11) is 0. The Morgan fingerprint density at radius 2 is 1.94 bits per heavy atom. The second-order valence-corrected chi connectivity index (χ2v) is 3.91. The van der Waals surface area contributed by atoms with E-state index >= 15 is 0 Å². The first-order valence-corrected chi connectivity index (χ1v) is 5.08. The number of nitro groups is 1. The van der Waals surface area contributed by atoms with E-state index < -0.39 is 16.9 Å². The zero-order chi connectivity index (χ0) is 13.2. The molecule has 1 rings (SSSR count). The fourth-order valence-corrected chi connectivity index (χ4v) is 1.36. The Balaban J connectivity index is 3.17. The lowest BCUT2D eigenvalue weighted by Gasteiger charge is -2.12. The van der Waals surface area contributed by atoms with Crippen LogP contribution in [0.5, 0.6) is 0 Å². The molecule has 1 aromatic rings. The van der Waals surface area contributed by atoms with E-state index in [9.17, 15) is 14.9 Å².